The first-order valence-electron chi connectivity index (χ1n) is 7.18. The third kappa shape index (κ3) is 5.93. The van der Waals surface area contributed by atoms with Gasteiger partial charge >= 0.3 is 0 Å². The Hall–Kier alpha value is -0.580. The zero-order valence-corrected chi connectivity index (χ0v) is 13.5. The molecule has 0 atom stereocenters. The minimum Gasteiger partial charge on any atom is -0.353 e. The van der Waals surface area contributed by atoms with Gasteiger partial charge in [-0.2, -0.15) is 0 Å². The van der Waals surface area contributed by atoms with Crippen molar-refractivity contribution in [3.63, 3.8) is 0 Å². The van der Waals surface area contributed by atoms with E-state index in [9.17, 15) is 9.59 Å². The van der Waals surface area contributed by atoms with Gasteiger partial charge in [0.15, 0.2) is 0 Å². The smallest absolute Gasteiger partial charge is 0.222 e. The van der Waals surface area contributed by atoms with E-state index in [1.54, 1.807) is 0 Å². The molecule has 0 aliphatic carbocycles. The lowest BCUT2D eigenvalue weighted by molar-refractivity contribution is -0.132. The number of rotatable bonds is 6. The average Bonchev–Trinajstić information content (AvgIpc) is 2.39. The molecule has 0 saturated carbocycles. The van der Waals surface area contributed by atoms with Gasteiger partial charge in [-0.25, -0.2) is 0 Å². The topological polar surface area (TPSA) is 49.4 Å². The minimum atomic E-state index is 0.0314. The third-order valence-electron chi connectivity index (χ3n) is 3.49. The van der Waals surface area contributed by atoms with E-state index in [1.807, 2.05) is 18.7 Å². The lowest BCUT2D eigenvalue weighted by atomic mass is 10.0. The number of hydrogen-bond donors (Lipinski definition) is 1. The molecule has 19 heavy (non-hydrogen) atoms. The normalized spacial score (nSPS) is 16.7. The SMILES string of the molecule is CC(C)C(=O)NC1CCN(C(=O)CCCCBr)CC1. The maximum Gasteiger partial charge on any atom is 0.222 e. The Morgan fingerprint density at radius 3 is 2.42 bits per heavy atom. The molecule has 0 bridgehead atoms. The van der Waals surface area contributed by atoms with Crippen LogP contribution in [0.1, 0.15) is 46.0 Å². The molecule has 1 rings (SSSR count). The molecule has 0 aromatic rings. The molecule has 1 heterocycles. The number of nitrogens with one attached hydrogen (secondary N) is 1. The highest BCUT2D eigenvalue weighted by Crippen LogP contribution is 2.13. The number of halogens is 1. The van der Waals surface area contributed by atoms with Gasteiger partial charge in [0, 0.05) is 36.8 Å². The van der Waals surface area contributed by atoms with E-state index in [2.05, 4.69) is 21.2 Å². The molecule has 0 aromatic heterocycles. The number of unbranched alkanes of at least 4 members (excludes halogenated alkanes) is 1. The molecule has 0 spiro atoms. The van der Waals surface area contributed by atoms with Crippen LogP contribution >= 0.6 is 15.9 Å². The van der Waals surface area contributed by atoms with Crippen LogP contribution in [0, 0.1) is 5.92 Å². The second kappa shape index (κ2) is 8.56. The lowest BCUT2D eigenvalue weighted by Crippen LogP contribution is -2.47. The van der Waals surface area contributed by atoms with Crippen molar-refractivity contribution >= 4 is 27.7 Å². The summed E-state index contributed by atoms with van der Waals surface area (Å²) in [5.41, 5.74) is 0. The predicted octanol–water partition coefficient (Wildman–Crippen LogP) is 2.31. The summed E-state index contributed by atoms with van der Waals surface area (Å²) in [6, 6.07) is 0.237. The van der Waals surface area contributed by atoms with Crippen LogP contribution in [0.15, 0.2) is 0 Å². The molecule has 1 aliphatic heterocycles. The van der Waals surface area contributed by atoms with E-state index in [0.717, 1.165) is 44.1 Å². The summed E-state index contributed by atoms with van der Waals surface area (Å²) in [7, 11) is 0. The van der Waals surface area contributed by atoms with Crippen LogP contribution in [0.25, 0.3) is 0 Å². The summed E-state index contributed by atoms with van der Waals surface area (Å²) in [6.07, 6.45) is 4.40. The molecule has 1 saturated heterocycles. The molecule has 0 radical (unpaired) electrons. The van der Waals surface area contributed by atoms with E-state index in [4.69, 9.17) is 0 Å². The minimum absolute atomic E-state index is 0.0314. The van der Waals surface area contributed by atoms with Gasteiger partial charge in [-0.05, 0) is 25.7 Å². The molecule has 1 N–H and O–H groups in total. The van der Waals surface area contributed by atoms with Crippen LogP contribution < -0.4 is 5.32 Å². The Bertz CT molecular complexity index is 300. The average molecular weight is 333 g/mol. The molecule has 5 heteroatoms. The molecule has 110 valence electrons. The van der Waals surface area contributed by atoms with Crippen molar-refractivity contribution in [3.8, 4) is 0 Å². The molecule has 0 aromatic carbocycles. The summed E-state index contributed by atoms with van der Waals surface area (Å²) < 4.78 is 0. The van der Waals surface area contributed by atoms with Crippen LogP contribution in [-0.4, -0.2) is 41.2 Å². The number of alkyl halides is 1. The van der Waals surface area contributed by atoms with Crippen molar-refractivity contribution in [1.29, 1.82) is 0 Å². The number of hydrogen-bond acceptors (Lipinski definition) is 2. The maximum atomic E-state index is 11.9. The number of carbonyl (C=O) groups is 2. The van der Waals surface area contributed by atoms with E-state index in [0.29, 0.717) is 6.42 Å². The zero-order chi connectivity index (χ0) is 14.3. The van der Waals surface area contributed by atoms with E-state index >= 15 is 0 Å². The fraction of sp³-hybridized carbons (Fsp3) is 0.857. The summed E-state index contributed by atoms with van der Waals surface area (Å²) in [6.45, 7) is 5.35. The second-order valence-electron chi connectivity index (χ2n) is 5.46. The second-order valence-corrected chi connectivity index (χ2v) is 6.26. The summed E-state index contributed by atoms with van der Waals surface area (Å²) in [4.78, 5) is 25.5. The molecular weight excluding hydrogens is 308 g/mol. The highest BCUT2D eigenvalue weighted by Gasteiger charge is 2.23. The molecule has 2 amide bonds. The van der Waals surface area contributed by atoms with Gasteiger partial charge in [-0.15, -0.1) is 0 Å². The van der Waals surface area contributed by atoms with Gasteiger partial charge in [-0.3, -0.25) is 9.59 Å². The van der Waals surface area contributed by atoms with Gasteiger partial charge in [0.2, 0.25) is 11.8 Å². The third-order valence-corrected chi connectivity index (χ3v) is 4.05. The van der Waals surface area contributed by atoms with Crippen LogP contribution in [0.5, 0.6) is 0 Å². The number of carbonyl (C=O) groups excluding carboxylic acids is 2. The monoisotopic (exact) mass is 332 g/mol. The van der Waals surface area contributed by atoms with Gasteiger partial charge in [0.25, 0.3) is 0 Å². The number of amides is 2. The van der Waals surface area contributed by atoms with E-state index in [-0.39, 0.29) is 23.8 Å². The Balaban J connectivity index is 2.24. The van der Waals surface area contributed by atoms with Crippen LogP contribution in [0.2, 0.25) is 0 Å². The highest BCUT2D eigenvalue weighted by atomic mass is 79.9. The highest BCUT2D eigenvalue weighted by molar-refractivity contribution is 9.09. The maximum absolute atomic E-state index is 11.9. The summed E-state index contributed by atoms with van der Waals surface area (Å²) in [5.74, 6) is 0.403. The van der Waals surface area contributed by atoms with Gasteiger partial charge < -0.3 is 10.2 Å². The predicted molar refractivity (Wildman–Crippen MR) is 80.2 cm³/mol. The van der Waals surface area contributed by atoms with Crippen molar-refractivity contribution < 1.29 is 9.59 Å². The lowest BCUT2D eigenvalue weighted by Gasteiger charge is -2.32. The van der Waals surface area contributed by atoms with Crippen molar-refractivity contribution in [1.82, 2.24) is 10.2 Å². The number of nitrogens with zero attached hydrogens (tertiary/aromatic N) is 1. The van der Waals surface area contributed by atoms with Crippen molar-refractivity contribution in [2.24, 2.45) is 5.92 Å². The summed E-state index contributed by atoms with van der Waals surface area (Å²) >= 11 is 3.37. The van der Waals surface area contributed by atoms with Crippen molar-refractivity contribution in [2.45, 2.75) is 52.0 Å². The largest absolute Gasteiger partial charge is 0.353 e. The van der Waals surface area contributed by atoms with Gasteiger partial charge in [0.05, 0.1) is 0 Å². The number of piperidine rings is 1. The van der Waals surface area contributed by atoms with E-state index < -0.39 is 0 Å². The molecule has 1 aliphatic rings. The Morgan fingerprint density at radius 2 is 1.89 bits per heavy atom. The van der Waals surface area contributed by atoms with E-state index in [1.165, 1.54) is 0 Å². The van der Waals surface area contributed by atoms with Crippen LogP contribution in [-0.2, 0) is 9.59 Å². The molecule has 4 nitrogen and oxygen atoms in total. The van der Waals surface area contributed by atoms with Gasteiger partial charge in [-0.1, -0.05) is 29.8 Å². The Labute approximate surface area is 124 Å². The van der Waals surface area contributed by atoms with Crippen LogP contribution in [0.4, 0.5) is 0 Å². The zero-order valence-electron chi connectivity index (χ0n) is 12.0. The first-order chi connectivity index (χ1) is 9.04. The fourth-order valence-corrected chi connectivity index (χ4v) is 2.57. The summed E-state index contributed by atoms with van der Waals surface area (Å²) in [5, 5.41) is 4.01. The molecular formula is C14H25BrN2O2. The van der Waals surface area contributed by atoms with Gasteiger partial charge in [0.1, 0.15) is 0 Å². The van der Waals surface area contributed by atoms with Crippen LogP contribution in [0.3, 0.4) is 0 Å². The van der Waals surface area contributed by atoms with Crippen molar-refractivity contribution in [2.75, 3.05) is 18.4 Å². The Kier molecular flexibility index (Phi) is 7.42. The molecule has 0 unspecified atom stereocenters. The standard InChI is InChI=1S/C14H25BrN2O2/c1-11(2)14(19)16-12-6-9-17(10-7-12)13(18)5-3-4-8-15/h11-12H,3-10H2,1-2H3,(H,16,19). The first kappa shape index (κ1) is 16.5. The van der Waals surface area contributed by atoms with Crippen molar-refractivity contribution in [3.05, 3.63) is 0 Å². The number of likely N-dealkylation sites (tertiary alicyclic amines) is 1. The molecule has 1 fully saturated rings. The fourth-order valence-electron chi connectivity index (χ4n) is 2.17. The Morgan fingerprint density at radius 1 is 1.26 bits per heavy atom. The quantitative estimate of drug-likeness (QED) is 0.599. The first-order valence-corrected chi connectivity index (χ1v) is 8.31.